The van der Waals surface area contributed by atoms with Crippen LogP contribution < -0.4 is 9.30 Å². The number of aromatic nitrogens is 4. The molecule has 0 N–H and O–H groups in total. The Balaban J connectivity index is 1.16. The minimum absolute atomic E-state index is 0.101. The number of fused-ring (bicyclic) bond motifs is 4. The number of benzene rings is 7. The normalized spacial score (nSPS) is 15.8. The maximum Gasteiger partial charge on any atom is 0.269 e. The van der Waals surface area contributed by atoms with Crippen molar-refractivity contribution < 1.29 is 31.2 Å². The summed E-state index contributed by atoms with van der Waals surface area (Å²) in [4.78, 5) is 4.58. The Hall–Kier alpha value is -7.24. The third-order valence-corrected chi connectivity index (χ3v) is 9.47. The standard InChI is InChI=1S/C52H40N4O/c1-36(2)31-37-29-30-53-51(32-37)56-47-24-10-9-21-45(47)46-28-27-42(34-50(46)56)57-41-20-13-19-40(33-41)54-35-55(49-26-12-11-25-48(49)54)52-43(38-15-5-3-6-16-38)22-14-23-44(52)39-17-7-4-8-18-39/h3-30,32-34,36H,31H2,1-2H3/i3D,4D,5D,6D,7D,8D,9D,10D,15D,16D,17D,18D,21D,24D,31D2. The summed E-state index contributed by atoms with van der Waals surface area (Å²) in [7, 11) is 0. The summed E-state index contributed by atoms with van der Waals surface area (Å²) in [5.41, 5.74) is 2.42. The van der Waals surface area contributed by atoms with Gasteiger partial charge in [-0.1, -0.05) is 141 Å². The van der Waals surface area contributed by atoms with E-state index >= 15 is 0 Å². The van der Waals surface area contributed by atoms with Crippen LogP contribution in [-0.4, -0.2) is 14.1 Å². The summed E-state index contributed by atoms with van der Waals surface area (Å²) in [5.74, 6) is 0.483. The zero-order chi connectivity index (χ0) is 52.3. The van der Waals surface area contributed by atoms with Gasteiger partial charge in [0.1, 0.15) is 17.3 Å². The first kappa shape index (κ1) is 21.2. The molecule has 0 saturated heterocycles. The Bertz CT molecular complexity index is 3830. The molecule has 10 aromatic rings. The van der Waals surface area contributed by atoms with Crippen LogP contribution in [0.15, 0.2) is 188 Å². The average Bonchev–Trinajstić information content (AvgIpc) is 3.94. The molecule has 3 aromatic heterocycles. The van der Waals surface area contributed by atoms with Crippen molar-refractivity contribution in [3.05, 3.63) is 200 Å². The van der Waals surface area contributed by atoms with Gasteiger partial charge in [-0.3, -0.25) is 13.7 Å². The van der Waals surface area contributed by atoms with E-state index in [1.807, 2.05) is 0 Å². The number of para-hydroxylation sites is 4. The molecule has 57 heavy (non-hydrogen) atoms. The number of imidazole rings is 1. The molecule has 0 radical (unpaired) electrons. The van der Waals surface area contributed by atoms with Gasteiger partial charge in [0, 0.05) is 25.8 Å². The second-order valence-electron chi connectivity index (χ2n) is 13.5. The zero-order valence-electron chi connectivity index (χ0n) is 46.6. The van der Waals surface area contributed by atoms with E-state index in [1.54, 1.807) is 119 Å². The van der Waals surface area contributed by atoms with Crippen LogP contribution in [0.5, 0.6) is 11.5 Å². The first-order valence-corrected chi connectivity index (χ1v) is 18.2. The summed E-state index contributed by atoms with van der Waals surface area (Å²) in [5, 5.41) is 0.729. The highest BCUT2D eigenvalue weighted by molar-refractivity contribution is 6.09. The van der Waals surface area contributed by atoms with Gasteiger partial charge < -0.3 is 4.74 Å². The fourth-order valence-electron chi connectivity index (χ4n) is 7.16. The van der Waals surface area contributed by atoms with Gasteiger partial charge in [0.25, 0.3) is 6.33 Å². The van der Waals surface area contributed by atoms with Gasteiger partial charge >= 0.3 is 0 Å². The molecule has 3 heterocycles. The Morgan fingerprint density at radius 2 is 1.37 bits per heavy atom. The Morgan fingerprint density at radius 3 is 2.14 bits per heavy atom. The van der Waals surface area contributed by atoms with Crippen molar-refractivity contribution in [3.63, 3.8) is 0 Å². The minimum atomic E-state index is -1.75. The van der Waals surface area contributed by atoms with E-state index in [2.05, 4.69) is 11.3 Å². The Labute approximate surface area is 354 Å². The fourth-order valence-corrected chi connectivity index (χ4v) is 7.16. The lowest BCUT2D eigenvalue weighted by atomic mass is 9.95. The van der Waals surface area contributed by atoms with E-state index in [0.29, 0.717) is 44.7 Å². The van der Waals surface area contributed by atoms with E-state index in [4.69, 9.17) is 26.7 Å². The molecule has 274 valence electrons. The largest absolute Gasteiger partial charge is 0.458 e. The molecule has 5 nitrogen and oxygen atoms in total. The summed E-state index contributed by atoms with van der Waals surface area (Å²) in [6, 6.07) is 19.9. The summed E-state index contributed by atoms with van der Waals surface area (Å²) < 4.78 is 151. The van der Waals surface area contributed by atoms with Crippen LogP contribution in [0.4, 0.5) is 0 Å². The van der Waals surface area contributed by atoms with Crippen LogP contribution in [0.3, 0.4) is 0 Å². The van der Waals surface area contributed by atoms with Crippen LogP contribution in [0, 0.1) is 12.2 Å². The van der Waals surface area contributed by atoms with Crippen LogP contribution in [0.25, 0.3) is 72.3 Å². The number of hydrogen-bond donors (Lipinski definition) is 0. The zero-order valence-corrected chi connectivity index (χ0v) is 30.6. The van der Waals surface area contributed by atoms with Crippen molar-refractivity contribution >= 4 is 32.8 Å². The van der Waals surface area contributed by atoms with E-state index in [0.717, 1.165) is 0 Å². The Kier molecular flexibility index (Phi) is 5.36. The van der Waals surface area contributed by atoms with Gasteiger partial charge in [0.2, 0.25) is 0 Å². The average molecular weight is 753 g/mol. The quantitative estimate of drug-likeness (QED) is 0.109. The molecule has 0 bridgehead atoms. The first-order valence-electron chi connectivity index (χ1n) is 26.2. The number of pyridine rings is 1. The van der Waals surface area contributed by atoms with Crippen molar-refractivity contribution in [1.29, 1.82) is 0 Å². The van der Waals surface area contributed by atoms with Crippen LogP contribution in [0.2, 0.25) is 0 Å². The van der Waals surface area contributed by atoms with Crippen LogP contribution in [-0.2, 0) is 6.37 Å². The molecule has 0 aliphatic rings. The van der Waals surface area contributed by atoms with Crippen molar-refractivity contribution in [1.82, 2.24) is 14.1 Å². The molecule has 10 rings (SSSR count). The molecule has 0 saturated carbocycles. The molecule has 0 atom stereocenters. The van der Waals surface area contributed by atoms with Crippen LogP contribution >= 0.6 is 0 Å². The van der Waals surface area contributed by atoms with Gasteiger partial charge in [-0.2, -0.15) is 0 Å². The van der Waals surface area contributed by atoms with Crippen LogP contribution in [0.1, 0.15) is 41.3 Å². The monoisotopic (exact) mass is 752 g/mol. The maximum absolute atomic E-state index is 9.01. The summed E-state index contributed by atoms with van der Waals surface area (Å²) in [6.45, 7) is 3.53. The molecule has 0 amide bonds. The molecular formula is C52H40N4O. The highest BCUT2D eigenvalue weighted by atomic mass is 16.5. The minimum Gasteiger partial charge on any atom is -0.458 e. The highest BCUT2D eigenvalue weighted by Crippen LogP contribution is 2.37. The van der Waals surface area contributed by atoms with Gasteiger partial charge in [0.15, 0.2) is 0 Å². The van der Waals surface area contributed by atoms with E-state index in [1.165, 1.54) is 12.3 Å². The lowest BCUT2D eigenvalue weighted by Gasteiger charge is -2.17. The highest BCUT2D eigenvalue weighted by Gasteiger charge is 2.20. The second-order valence-corrected chi connectivity index (χ2v) is 13.5. The summed E-state index contributed by atoms with van der Waals surface area (Å²) in [6.07, 6.45) is 3.08. The van der Waals surface area contributed by atoms with Gasteiger partial charge in [-0.05, 0) is 88.6 Å². The topological polar surface area (TPSA) is 35.9 Å². The molecule has 0 spiro atoms. The van der Waals surface area contributed by atoms with Crippen molar-refractivity contribution in [2.45, 2.75) is 20.2 Å². The summed E-state index contributed by atoms with van der Waals surface area (Å²) >= 11 is 0. The Morgan fingerprint density at radius 1 is 0.667 bits per heavy atom. The van der Waals surface area contributed by atoms with E-state index in [-0.39, 0.29) is 56.7 Å². The number of ether oxygens (including phenoxy) is 1. The van der Waals surface area contributed by atoms with Gasteiger partial charge in [-0.25, -0.2) is 4.98 Å². The lowest BCUT2D eigenvalue weighted by Crippen LogP contribution is -2.31. The third kappa shape index (κ3) is 6.33. The predicted molar refractivity (Wildman–Crippen MR) is 232 cm³/mol. The van der Waals surface area contributed by atoms with E-state index < -0.39 is 84.8 Å². The van der Waals surface area contributed by atoms with Crippen molar-refractivity contribution in [2.24, 2.45) is 5.92 Å². The first-order chi connectivity index (χ1) is 34.6. The molecule has 7 aromatic carbocycles. The van der Waals surface area contributed by atoms with Gasteiger partial charge in [-0.15, -0.1) is 0 Å². The molecular weight excluding hydrogens is 697 g/mol. The maximum atomic E-state index is 9.01. The van der Waals surface area contributed by atoms with Crippen molar-refractivity contribution in [3.8, 4) is 50.9 Å². The van der Waals surface area contributed by atoms with Gasteiger partial charge in [0.05, 0.1) is 52.6 Å². The smallest absolute Gasteiger partial charge is 0.269 e. The molecule has 0 aliphatic carbocycles. The lowest BCUT2D eigenvalue weighted by molar-refractivity contribution is -0.571. The number of rotatable bonds is 9. The SMILES string of the molecule is [2H]c1c([2H])c([2H])c(-c2cccc(-c3c([2H])c([2H])c([2H])c([2H])c3[2H])c2-[n+]2[c-]n(-c3cccc(Oc4ccc5c6c([2H])c([2H])c([2H])c([2H])c6n(-c6cc(C([2H])([2H])C(C)C)ccn6)c5c4)c3)c3ccccc32)c([2H])c1[2H]. The number of hydrogen-bond acceptors (Lipinski definition) is 2. The molecule has 0 unspecified atom stereocenters. The second kappa shape index (κ2) is 14.4. The fraction of sp³-hybridized carbons (Fsp3) is 0.0769. The number of nitrogens with zero attached hydrogens (tertiary/aromatic N) is 4. The molecule has 5 heteroatoms. The van der Waals surface area contributed by atoms with Crippen molar-refractivity contribution in [2.75, 3.05) is 0 Å². The predicted octanol–water partition coefficient (Wildman–Crippen LogP) is 12.5. The third-order valence-electron chi connectivity index (χ3n) is 9.47. The molecule has 0 fully saturated rings. The molecule has 0 aliphatic heterocycles. The van der Waals surface area contributed by atoms with E-state index in [9.17, 15) is 0 Å².